The van der Waals surface area contributed by atoms with Gasteiger partial charge in [0.1, 0.15) is 0 Å². The maximum atomic E-state index is 10.4. The summed E-state index contributed by atoms with van der Waals surface area (Å²) in [5.74, 6) is 0. The van der Waals surface area contributed by atoms with Crippen molar-refractivity contribution in [3.05, 3.63) is 0 Å². The standard InChI is InChI=1S/C5H9IO3.C3H4Cl2O2/c1-3-8-5(7)9-4(2)6;1-2(4)7-3(5)6/h4H,3H2,1-2H3;2H,1H3. The molecule has 16 heavy (non-hydrogen) atoms. The van der Waals surface area contributed by atoms with E-state index in [4.69, 9.17) is 23.2 Å². The fraction of sp³-hybridized carbons (Fsp3) is 0.750. The normalized spacial score (nSPS) is 12.6. The minimum atomic E-state index is -0.873. The molecule has 96 valence electrons. The lowest BCUT2D eigenvalue weighted by atomic mass is 10.8. The summed E-state index contributed by atoms with van der Waals surface area (Å²) in [6, 6.07) is 0. The van der Waals surface area contributed by atoms with Gasteiger partial charge in [0.05, 0.1) is 6.61 Å². The Kier molecular flexibility index (Phi) is 13.3. The molecule has 0 radical (unpaired) electrons. The van der Waals surface area contributed by atoms with Crippen LogP contribution in [0.2, 0.25) is 0 Å². The second-order valence-corrected chi connectivity index (χ2v) is 4.92. The van der Waals surface area contributed by atoms with E-state index in [-0.39, 0.29) is 4.11 Å². The van der Waals surface area contributed by atoms with Crippen LogP contribution in [0.25, 0.3) is 0 Å². The Morgan fingerprint density at radius 1 is 1.31 bits per heavy atom. The van der Waals surface area contributed by atoms with E-state index in [9.17, 15) is 9.59 Å². The summed E-state index contributed by atoms with van der Waals surface area (Å²) in [4.78, 5) is 20.1. The van der Waals surface area contributed by atoms with Crippen LogP contribution in [0.15, 0.2) is 0 Å². The number of hydrogen-bond acceptors (Lipinski definition) is 5. The fourth-order valence-corrected chi connectivity index (χ4v) is 0.880. The fourth-order valence-electron chi connectivity index (χ4n) is 0.412. The number of alkyl halides is 2. The number of hydrogen-bond donors (Lipinski definition) is 0. The highest BCUT2D eigenvalue weighted by Crippen LogP contribution is 2.01. The largest absolute Gasteiger partial charge is 0.509 e. The smallest absolute Gasteiger partial charge is 0.435 e. The molecule has 0 aliphatic heterocycles. The number of rotatable bonds is 3. The number of carbonyl (C=O) groups excluding carboxylic acids is 2. The molecule has 0 spiro atoms. The third-order valence-electron chi connectivity index (χ3n) is 0.776. The van der Waals surface area contributed by atoms with E-state index < -0.39 is 17.1 Å². The maximum Gasteiger partial charge on any atom is 0.509 e. The van der Waals surface area contributed by atoms with Crippen LogP contribution in [0.5, 0.6) is 0 Å². The van der Waals surface area contributed by atoms with Gasteiger partial charge in [-0.15, -0.1) is 0 Å². The number of ether oxygens (including phenoxy) is 3. The lowest BCUT2D eigenvalue weighted by Gasteiger charge is -2.04. The number of carbonyl (C=O) groups is 2. The summed E-state index contributed by atoms with van der Waals surface area (Å²) >= 11 is 11.8. The van der Waals surface area contributed by atoms with Crippen LogP contribution in [-0.4, -0.2) is 27.9 Å². The second kappa shape index (κ2) is 11.5. The Morgan fingerprint density at radius 2 is 1.81 bits per heavy atom. The van der Waals surface area contributed by atoms with E-state index in [0.717, 1.165) is 0 Å². The predicted octanol–water partition coefficient (Wildman–Crippen LogP) is 3.89. The highest BCUT2D eigenvalue weighted by molar-refractivity contribution is 14.1. The quantitative estimate of drug-likeness (QED) is 0.318. The van der Waals surface area contributed by atoms with E-state index in [2.05, 4.69) is 14.2 Å². The lowest BCUT2D eigenvalue weighted by Crippen LogP contribution is -2.10. The highest BCUT2D eigenvalue weighted by atomic mass is 127. The van der Waals surface area contributed by atoms with Crippen LogP contribution < -0.4 is 0 Å². The zero-order chi connectivity index (χ0) is 13.1. The zero-order valence-corrected chi connectivity index (χ0v) is 12.7. The van der Waals surface area contributed by atoms with Gasteiger partial charge in [0.2, 0.25) is 0 Å². The van der Waals surface area contributed by atoms with Crippen LogP contribution in [0.1, 0.15) is 20.8 Å². The van der Waals surface area contributed by atoms with Crippen LogP contribution in [-0.2, 0) is 14.2 Å². The van der Waals surface area contributed by atoms with Gasteiger partial charge in [-0.2, -0.15) is 0 Å². The summed E-state index contributed by atoms with van der Waals surface area (Å²) < 4.78 is 13.1. The molecule has 0 aromatic rings. The summed E-state index contributed by atoms with van der Waals surface area (Å²) in [5.41, 5.74) is -1.51. The molecule has 0 amide bonds. The molecule has 0 N–H and O–H groups in total. The van der Waals surface area contributed by atoms with Crippen molar-refractivity contribution in [1.82, 2.24) is 0 Å². The second-order valence-electron chi connectivity index (χ2n) is 2.24. The summed E-state index contributed by atoms with van der Waals surface area (Å²) in [6.07, 6.45) is -0.598. The minimum Gasteiger partial charge on any atom is -0.435 e. The van der Waals surface area contributed by atoms with Crippen molar-refractivity contribution in [2.75, 3.05) is 6.61 Å². The topological polar surface area (TPSA) is 61.8 Å². The molecule has 5 nitrogen and oxygen atoms in total. The molecule has 0 aromatic heterocycles. The molecule has 0 saturated heterocycles. The van der Waals surface area contributed by atoms with Gasteiger partial charge in [0.15, 0.2) is 9.67 Å². The monoisotopic (exact) mass is 386 g/mol. The first-order valence-corrected chi connectivity index (χ1v) is 6.33. The molecular formula is C8H13Cl2IO5. The summed E-state index contributed by atoms with van der Waals surface area (Å²) in [7, 11) is 0. The van der Waals surface area contributed by atoms with E-state index in [1.165, 1.54) is 6.92 Å². The first-order chi connectivity index (χ1) is 7.29. The first kappa shape index (κ1) is 18.4. The van der Waals surface area contributed by atoms with Crippen molar-refractivity contribution < 1.29 is 23.8 Å². The van der Waals surface area contributed by atoms with Crippen LogP contribution >= 0.6 is 45.8 Å². The van der Waals surface area contributed by atoms with Crippen LogP contribution in [0, 0.1) is 0 Å². The van der Waals surface area contributed by atoms with Crippen molar-refractivity contribution in [2.45, 2.75) is 30.4 Å². The Bertz CT molecular complexity index is 211. The van der Waals surface area contributed by atoms with Gasteiger partial charge in [-0.3, -0.25) is 0 Å². The zero-order valence-electron chi connectivity index (χ0n) is 9.04. The van der Waals surface area contributed by atoms with E-state index in [1.807, 2.05) is 22.6 Å². The van der Waals surface area contributed by atoms with Crippen molar-refractivity contribution in [1.29, 1.82) is 0 Å². The molecule has 0 heterocycles. The van der Waals surface area contributed by atoms with Crippen molar-refractivity contribution >= 4 is 57.4 Å². The Balaban J connectivity index is 0. The van der Waals surface area contributed by atoms with Gasteiger partial charge in [0.25, 0.3) is 0 Å². The Hall–Kier alpha value is 0.0500. The lowest BCUT2D eigenvalue weighted by molar-refractivity contribution is 0.0587. The van der Waals surface area contributed by atoms with Gasteiger partial charge in [0, 0.05) is 11.6 Å². The molecule has 0 saturated carbocycles. The van der Waals surface area contributed by atoms with Crippen molar-refractivity contribution in [3.8, 4) is 0 Å². The molecule has 0 aliphatic carbocycles. The molecule has 0 aromatic carbocycles. The predicted molar refractivity (Wildman–Crippen MR) is 69.2 cm³/mol. The van der Waals surface area contributed by atoms with E-state index in [0.29, 0.717) is 6.61 Å². The minimum absolute atomic E-state index is 0.123. The average molecular weight is 387 g/mol. The molecule has 0 bridgehead atoms. The summed E-state index contributed by atoms with van der Waals surface area (Å²) in [5, 5.41) is 0. The van der Waals surface area contributed by atoms with Gasteiger partial charge in [-0.05, 0) is 43.4 Å². The molecule has 0 rings (SSSR count). The summed E-state index contributed by atoms with van der Waals surface area (Å²) in [6.45, 7) is 5.36. The van der Waals surface area contributed by atoms with Crippen molar-refractivity contribution in [3.63, 3.8) is 0 Å². The number of halogens is 3. The SMILES string of the molecule is CC(Cl)OC(=O)Cl.CCOC(=O)OC(C)I. The van der Waals surface area contributed by atoms with Crippen molar-refractivity contribution in [2.24, 2.45) is 0 Å². The van der Waals surface area contributed by atoms with Crippen LogP contribution in [0.3, 0.4) is 0 Å². The molecule has 0 fully saturated rings. The Morgan fingerprint density at radius 3 is 2.00 bits per heavy atom. The average Bonchev–Trinajstić information content (AvgIpc) is 2.00. The molecular weight excluding hydrogens is 374 g/mol. The third-order valence-corrected chi connectivity index (χ3v) is 1.21. The maximum absolute atomic E-state index is 10.4. The molecule has 2 unspecified atom stereocenters. The molecule has 8 heteroatoms. The van der Waals surface area contributed by atoms with Gasteiger partial charge >= 0.3 is 11.6 Å². The molecule has 0 aliphatic rings. The van der Waals surface area contributed by atoms with E-state index in [1.54, 1.807) is 13.8 Å². The third kappa shape index (κ3) is 19.6. The van der Waals surface area contributed by atoms with Gasteiger partial charge in [-0.1, -0.05) is 11.6 Å². The highest BCUT2D eigenvalue weighted by Gasteiger charge is 2.04. The van der Waals surface area contributed by atoms with E-state index >= 15 is 0 Å². The Labute approximate surface area is 118 Å². The van der Waals surface area contributed by atoms with Gasteiger partial charge in [-0.25, -0.2) is 9.59 Å². The first-order valence-electron chi connectivity index (χ1n) is 4.27. The van der Waals surface area contributed by atoms with Crippen LogP contribution in [0.4, 0.5) is 9.59 Å². The molecule has 2 atom stereocenters. The van der Waals surface area contributed by atoms with Gasteiger partial charge < -0.3 is 14.2 Å².